The van der Waals surface area contributed by atoms with E-state index in [0.717, 1.165) is 37.7 Å². The van der Waals surface area contributed by atoms with Crippen LogP contribution in [0.3, 0.4) is 0 Å². The number of aliphatic hydroxyl groups is 1. The largest absolute Gasteiger partial charge is 0.480 e. The molecule has 0 heterocycles. The topological polar surface area (TPSA) is 113 Å². The minimum absolute atomic E-state index is 0.0854. The molecule has 5 N–H and O–H groups in total. The maximum Gasteiger partial charge on any atom is 0.326 e. The van der Waals surface area contributed by atoms with Crippen molar-refractivity contribution in [3.05, 3.63) is 35.9 Å². The maximum absolute atomic E-state index is 12.2. The van der Waals surface area contributed by atoms with Crippen molar-refractivity contribution in [3.8, 4) is 0 Å². The molecule has 1 amide bonds. The first kappa shape index (κ1) is 18.4. The van der Waals surface area contributed by atoms with Crippen LogP contribution in [0.15, 0.2) is 30.3 Å². The van der Waals surface area contributed by atoms with Crippen molar-refractivity contribution < 1.29 is 19.8 Å². The Morgan fingerprint density at radius 2 is 1.79 bits per heavy atom. The van der Waals surface area contributed by atoms with E-state index in [1.54, 1.807) is 0 Å². The molecule has 1 saturated carbocycles. The molecular formula is C18H26N2O4. The Balaban J connectivity index is 1.94. The molecular weight excluding hydrogens is 308 g/mol. The van der Waals surface area contributed by atoms with Crippen LogP contribution < -0.4 is 11.1 Å². The number of carboxylic acids is 1. The molecule has 0 aliphatic heterocycles. The van der Waals surface area contributed by atoms with Gasteiger partial charge in [0.2, 0.25) is 0 Å². The average Bonchev–Trinajstić information content (AvgIpc) is 2.60. The van der Waals surface area contributed by atoms with E-state index in [2.05, 4.69) is 5.32 Å². The van der Waals surface area contributed by atoms with Gasteiger partial charge in [-0.15, -0.1) is 0 Å². The van der Waals surface area contributed by atoms with E-state index in [4.69, 9.17) is 5.73 Å². The third-order valence-electron chi connectivity index (χ3n) is 4.67. The van der Waals surface area contributed by atoms with Crippen molar-refractivity contribution in [2.45, 2.75) is 56.7 Å². The third kappa shape index (κ3) is 5.04. The van der Waals surface area contributed by atoms with Crippen molar-refractivity contribution in [2.75, 3.05) is 0 Å². The second-order valence-corrected chi connectivity index (χ2v) is 6.52. The number of carbonyl (C=O) groups is 2. The standard InChI is InChI=1S/C18H26N2O4/c19-14(11-12-7-3-1-4-8-12)16(21)17(22)20-15(18(23)24)13-9-5-2-6-10-13/h1,3-4,7-8,13-16,21H,2,5-6,9-11,19H2,(H,20,22)(H,23,24)/t14-,15+,16+/m1/s1. The zero-order chi connectivity index (χ0) is 17.5. The normalized spacial score (nSPS) is 19.2. The zero-order valence-corrected chi connectivity index (χ0v) is 13.7. The molecule has 1 aromatic carbocycles. The highest BCUT2D eigenvalue weighted by Gasteiger charge is 2.33. The number of carbonyl (C=O) groups excluding carboxylic acids is 1. The highest BCUT2D eigenvalue weighted by molar-refractivity contribution is 5.86. The summed E-state index contributed by atoms with van der Waals surface area (Å²) in [5.74, 6) is -1.85. The van der Waals surface area contributed by atoms with Crippen molar-refractivity contribution >= 4 is 11.9 Å². The number of aliphatic hydroxyl groups excluding tert-OH is 1. The molecule has 0 aromatic heterocycles. The highest BCUT2D eigenvalue weighted by atomic mass is 16.4. The van der Waals surface area contributed by atoms with Crippen LogP contribution >= 0.6 is 0 Å². The fourth-order valence-corrected chi connectivity index (χ4v) is 3.28. The SMILES string of the molecule is N[C@H](Cc1ccccc1)[C@H](O)C(=O)N[C@H](C(=O)O)C1CCCCC1. The van der Waals surface area contributed by atoms with E-state index in [1.165, 1.54) is 0 Å². The fourth-order valence-electron chi connectivity index (χ4n) is 3.28. The van der Waals surface area contributed by atoms with Crippen molar-refractivity contribution in [2.24, 2.45) is 11.7 Å². The summed E-state index contributed by atoms with van der Waals surface area (Å²) >= 11 is 0. The summed E-state index contributed by atoms with van der Waals surface area (Å²) in [5.41, 5.74) is 6.84. The van der Waals surface area contributed by atoms with Gasteiger partial charge in [0.15, 0.2) is 0 Å². The van der Waals surface area contributed by atoms with E-state index in [9.17, 15) is 19.8 Å². The van der Waals surface area contributed by atoms with E-state index in [-0.39, 0.29) is 5.92 Å². The van der Waals surface area contributed by atoms with Gasteiger partial charge in [-0.05, 0) is 30.7 Å². The molecule has 0 unspecified atom stereocenters. The Hall–Kier alpha value is -1.92. The van der Waals surface area contributed by atoms with Gasteiger partial charge in [0.05, 0.1) is 0 Å². The summed E-state index contributed by atoms with van der Waals surface area (Å²) in [6.45, 7) is 0. The molecule has 132 valence electrons. The molecule has 3 atom stereocenters. The Morgan fingerprint density at radius 1 is 1.17 bits per heavy atom. The summed E-state index contributed by atoms with van der Waals surface area (Å²) < 4.78 is 0. The lowest BCUT2D eigenvalue weighted by molar-refractivity contribution is -0.145. The van der Waals surface area contributed by atoms with Gasteiger partial charge in [0, 0.05) is 6.04 Å². The molecule has 1 aromatic rings. The number of amides is 1. The first-order valence-electron chi connectivity index (χ1n) is 8.50. The van der Waals surface area contributed by atoms with Gasteiger partial charge in [-0.25, -0.2) is 4.79 Å². The fraction of sp³-hybridized carbons (Fsp3) is 0.556. The molecule has 24 heavy (non-hydrogen) atoms. The summed E-state index contributed by atoms with van der Waals surface area (Å²) in [5, 5.41) is 22.0. The molecule has 0 bridgehead atoms. The second kappa shape index (κ2) is 8.80. The van der Waals surface area contributed by atoms with Gasteiger partial charge in [-0.3, -0.25) is 4.79 Å². The van der Waals surface area contributed by atoms with Gasteiger partial charge >= 0.3 is 5.97 Å². The van der Waals surface area contributed by atoms with Crippen LogP contribution in [0.2, 0.25) is 0 Å². The number of hydrogen-bond donors (Lipinski definition) is 4. The monoisotopic (exact) mass is 334 g/mol. The first-order chi connectivity index (χ1) is 11.5. The number of carboxylic acid groups (broad SMARTS) is 1. The molecule has 6 heteroatoms. The lowest BCUT2D eigenvalue weighted by atomic mass is 9.83. The molecule has 1 aliphatic carbocycles. The molecule has 2 rings (SSSR count). The Bertz CT molecular complexity index is 543. The van der Waals surface area contributed by atoms with Crippen LogP contribution in [0.5, 0.6) is 0 Å². The molecule has 0 spiro atoms. The number of aliphatic carboxylic acids is 1. The Morgan fingerprint density at radius 3 is 2.38 bits per heavy atom. The van der Waals surface area contributed by atoms with Gasteiger partial charge in [0.25, 0.3) is 5.91 Å². The molecule has 0 radical (unpaired) electrons. The first-order valence-corrected chi connectivity index (χ1v) is 8.50. The van der Waals surface area contributed by atoms with Crippen LogP contribution in [0.25, 0.3) is 0 Å². The lowest BCUT2D eigenvalue weighted by Crippen LogP contribution is -2.54. The van der Waals surface area contributed by atoms with Crippen LogP contribution in [0.4, 0.5) is 0 Å². The second-order valence-electron chi connectivity index (χ2n) is 6.52. The highest BCUT2D eigenvalue weighted by Crippen LogP contribution is 2.26. The maximum atomic E-state index is 12.2. The Labute approximate surface area is 142 Å². The van der Waals surface area contributed by atoms with Gasteiger partial charge in [-0.2, -0.15) is 0 Å². The summed E-state index contributed by atoms with van der Waals surface area (Å²) in [6, 6.07) is 7.58. The average molecular weight is 334 g/mol. The Kier molecular flexibility index (Phi) is 6.75. The minimum atomic E-state index is -1.43. The molecule has 6 nitrogen and oxygen atoms in total. The molecule has 1 fully saturated rings. The van der Waals surface area contributed by atoms with Gasteiger partial charge < -0.3 is 21.3 Å². The summed E-state index contributed by atoms with van der Waals surface area (Å²) in [4.78, 5) is 23.7. The summed E-state index contributed by atoms with van der Waals surface area (Å²) in [6.07, 6.45) is 3.52. The predicted molar refractivity (Wildman–Crippen MR) is 90.3 cm³/mol. The van der Waals surface area contributed by atoms with Gasteiger partial charge in [0.1, 0.15) is 12.1 Å². The number of rotatable bonds is 7. The molecule has 0 saturated heterocycles. The van der Waals surface area contributed by atoms with Gasteiger partial charge in [-0.1, -0.05) is 49.6 Å². The van der Waals surface area contributed by atoms with E-state index < -0.39 is 30.1 Å². The van der Waals surface area contributed by atoms with Crippen LogP contribution in [0.1, 0.15) is 37.7 Å². The van der Waals surface area contributed by atoms with Crippen molar-refractivity contribution in [3.63, 3.8) is 0 Å². The summed E-state index contributed by atoms with van der Waals surface area (Å²) in [7, 11) is 0. The van der Waals surface area contributed by atoms with Crippen LogP contribution in [-0.2, 0) is 16.0 Å². The van der Waals surface area contributed by atoms with E-state index in [1.807, 2.05) is 30.3 Å². The predicted octanol–water partition coefficient (Wildman–Crippen LogP) is 1.07. The quantitative estimate of drug-likeness (QED) is 0.596. The van der Waals surface area contributed by atoms with Crippen LogP contribution in [-0.4, -0.2) is 40.3 Å². The number of nitrogens with one attached hydrogen (secondary N) is 1. The molecule has 1 aliphatic rings. The smallest absolute Gasteiger partial charge is 0.326 e. The third-order valence-corrected chi connectivity index (χ3v) is 4.67. The number of hydrogen-bond acceptors (Lipinski definition) is 4. The van der Waals surface area contributed by atoms with E-state index in [0.29, 0.717) is 6.42 Å². The van der Waals surface area contributed by atoms with E-state index >= 15 is 0 Å². The lowest BCUT2D eigenvalue weighted by Gasteiger charge is -2.29. The van der Waals surface area contributed by atoms with Crippen molar-refractivity contribution in [1.82, 2.24) is 5.32 Å². The number of benzene rings is 1. The van der Waals surface area contributed by atoms with Crippen LogP contribution in [0, 0.1) is 5.92 Å². The van der Waals surface area contributed by atoms with Crippen molar-refractivity contribution in [1.29, 1.82) is 0 Å². The number of nitrogens with two attached hydrogens (primary N) is 1. The minimum Gasteiger partial charge on any atom is -0.480 e. The zero-order valence-electron chi connectivity index (χ0n) is 13.7.